The van der Waals surface area contributed by atoms with E-state index in [-0.39, 0.29) is 16.4 Å². The first kappa shape index (κ1) is 21.4. The Bertz CT molecular complexity index is 1240. The van der Waals surface area contributed by atoms with Crippen LogP contribution in [0.15, 0.2) is 82.8 Å². The van der Waals surface area contributed by atoms with E-state index in [2.05, 4.69) is 9.93 Å². The molecule has 1 N–H and O–H groups in total. The van der Waals surface area contributed by atoms with E-state index in [0.717, 1.165) is 18.2 Å². The number of hydrazone groups is 1. The maximum atomic E-state index is 12.1. The number of hydrogen-bond donors (Lipinski definition) is 1. The first-order chi connectivity index (χ1) is 14.8. The van der Waals surface area contributed by atoms with E-state index in [9.17, 15) is 28.6 Å². The van der Waals surface area contributed by atoms with Crippen molar-refractivity contribution in [3.63, 3.8) is 0 Å². The summed E-state index contributed by atoms with van der Waals surface area (Å²) in [6.45, 7) is 0. The Morgan fingerprint density at radius 3 is 2.19 bits per heavy atom. The molecule has 12 heteroatoms. The van der Waals surface area contributed by atoms with Gasteiger partial charge in [-0.25, -0.2) is 4.83 Å². The van der Waals surface area contributed by atoms with Crippen LogP contribution in [0.5, 0.6) is 11.5 Å². The molecule has 0 aliphatic heterocycles. The summed E-state index contributed by atoms with van der Waals surface area (Å²) in [4.78, 5) is 22.6. The monoisotopic (exact) mass is 442 g/mol. The molecule has 0 heterocycles. The molecule has 11 nitrogen and oxygen atoms in total. The highest BCUT2D eigenvalue weighted by Gasteiger charge is 2.21. The standard InChI is InChI=1S/C19H14N4O7S/c24-22(25)15-8-11-19(18(12-15)23(26)27)30-16-9-6-14(7-10-16)13-20-21-31(28,29)17-4-2-1-3-5-17/h1-13,21H/b20-13-. The van der Waals surface area contributed by atoms with Crippen molar-refractivity contribution < 1.29 is 23.0 Å². The highest BCUT2D eigenvalue weighted by molar-refractivity contribution is 7.89. The lowest BCUT2D eigenvalue weighted by Crippen LogP contribution is -2.18. The molecule has 0 amide bonds. The van der Waals surface area contributed by atoms with Gasteiger partial charge >= 0.3 is 5.69 Å². The van der Waals surface area contributed by atoms with Crippen molar-refractivity contribution in [3.8, 4) is 11.5 Å². The van der Waals surface area contributed by atoms with E-state index in [1.165, 1.54) is 30.5 Å². The molecular weight excluding hydrogens is 428 g/mol. The average Bonchev–Trinajstić information content (AvgIpc) is 2.75. The Hall–Kier alpha value is -4.32. The fourth-order valence-electron chi connectivity index (χ4n) is 2.42. The van der Waals surface area contributed by atoms with E-state index in [1.807, 2.05) is 0 Å². The summed E-state index contributed by atoms with van der Waals surface area (Å²) in [5.41, 5.74) is -0.444. The Balaban J connectivity index is 1.70. The van der Waals surface area contributed by atoms with Crippen molar-refractivity contribution in [3.05, 3.63) is 98.6 Å². The van der Waals surface area contributed by atoms with Gasteiger partial charge in [0.1, 0.15) is 5.75 Å². The maximum absolute atomic E-state index is 12.1. The van der Waals surface area contributed by atoms with Crippen molar-refractivity contribution in [1.29, 1.82) is 0 Å². The largest absolute Gasteiger partial charge is 0.450 e. The molecule has 31 heavy (non-hydrogen) atoms. The zero-order chi connectivity index (χ0) is 22.4. The molecular formula is C19H14N4O7S. The van der Waals surface area contributed by atoms with Gasteiger partial charge in [0.2, 0.25) is 5.75 Å². The second-order valence-corrected chi connectivity index (χ2v) is 7.66. The van der Waals surface area contributed by atoms with Crippen molar-refractivity contribution >= 4 is 27.6 Å². The van der Waals surface area contributed by atoms with Crippen LogP contribution in [-0.2, 0) is 10.0 Å². The minimum Gasteiger partial charge on any atom is -0.450 e. The van der Waals surface area contributed by atoms with Gasteiger partial charge in [-0.1, -0.05) is 18.2 Å². The molecule has 0 saturated carbocycles. The van der Waals surface area contributed by atoms with Gasteiger partial charge in [0, 0.05) is 6.07 Å². The van der Waals surface area contributed by atoms with Crippen LogP contribution in [-0.4, -0.2) is 24.5 Å². The van der Waals surface area contributed by atoms with Crippen LogP contribution in [0.4, 0.5) is 11.4 Å². The van der Waals surface area contributed by atoms with Crippen molar-refractivity contribution in [1.82, 2.24) is 4.83 Å². The van der Waals surface area contributed by atoms with Crippen LogP contribution in [0.3, 0.4) is 0 Å². The quantitative estimate of drug-likeness (QED) is 0.317. The third-order valence-electron chi connectivity index (χ3n) is 3.90. The number of nitrogens with zero attached hydrogens (tertiary/aromatic N) is 3. The van der Waals surface area contributed by atoms with Crippen LogP contribution >= 0.6 is 0 Å². The lowest BCUT2D eigenvalue weighted by molar-refractivity contribution is -0.394. The zero-order valence-electron chi connectivity index (χ0n) is 15.6. The fourth-order valence-corrected chi connectivity index (χ4v) is 3.23. The van der Waals surface area contributed by atoms with Crippen LogP contribution < -0.4 is 9.57 Å². The maximum Gasteiger partial charge on any atom is 0.318 e. The molecule has 0 spiro atoms. The highest BCUT2D eigenvalue weighted by atomic mass is 32.2. The molecule has 3 aromatic carbocycles. The molecule has 0 bridgehead atoms. The van der Waals surface area contributed by atoms with Gasteiger partial charge in [0.15, 0.2) is 0 Å². The number of sulfonamides is 1. The summed E-state index contributed by atoms with van der Waals surface area (Å²) >= 11 is 0. The normalized spacial score (nSPS) is 11.2. The van der Waals surface area contributed by atoms with Crippen molar-refractivity contribution in [2.24, 2.45) is 5.10 Å². The number of benzene rings is 3. The molecule has 3 aromatic rings. The Morgan fingerprint density at radius 1 is 0.903 bits per heavy atom. The number of nitrogens with one attached hydrogen (secondary N) is 1. The molecule has 0 saturated heterocycles. The van der Waals surface area contributed by atoms with Gasteiger partial charge in [0.25, 0.3) is 15.7 Å². The smallest absolute Gasteiger partial charge is 0.318 e. The van der Waals surface area contributed by atoms with Crippen molar-refractivity contribution in [2.75, 3.05) is 0 Å². The predicted molar refractivity (Wildman–Crippen MR) is 111 cm³/mol. The molecule has 0 aromatic heterocycles. The van der Waals surface area contributed by atoms with Crippen LogP contribution in [0.2, 0.25) is 0 Å². The summed E-state index contributed by atoms with van der Waals surface area (Å²) in [7, 11) is -3.79. The number of hydrogen-bond acceptors (Lipinski definition) is 8. The molecule has 158 valence electrons. The minimum absolute atomic E-state index is 0.0700. The number of nitro groups is 2. The van der Waals surface area contributed by atoms with Gasteiger partial charge in [-0.05, 0) is 48.0 Å². The lowest BCUT2D eigenvalue weighted by Gasteiger charge is -2.06. The number of rotatable bonds is 8. The van der Waals surface area contributed by atoms with Crippen LogP contribution in [0.25, 0.3) is 0 Å². The topological polar surface area (TPSA) is 154 Å². The third-order valence-corrected chi connectivity index (χ3v) is 5.14. The average molecular weight is 442 g/mol. The lowest BCUT2D eigenvalue weighted by atomic mass is 10.2. The predicted octanol–water partition coefficient (Wildman–Crippen LogP) is 3.61. The SMILES string of the molecule is O=[N+]([O-])c1ccc(Oc2ccc(/C=N\NS(=O)(=O)c3ccccc3)cc2)c([N+](=O)[O-])c1. The second-order valence-electron chi connectivity index (χ2n) is 6.00. The summed E-state index contributed by atoms with van der Waals surface area (Å²) in [6.07, 6.45) is 1.28. The first-order valence-electron chi connectivity index (χ1n) is 8.57. The molecule has 0 atom stereocenters. The van der Waals surface area contributed by atoms with Gasteiger partial charge in [-0.2, -0.15) is 13.5 Å². The zero-order valence-corrected chi connectivity index (χ0v) is 16.4. The number of non-ortho nitro benzene ring substituents is 1. The summed E-state index contributed by atoms with van der Waals surface area (Å²) in [5, 5.41) is 25.7. The summed E-state index contributed by atoms with van der Waals surface area (Å²) < 4.78 is 29.6. The molecule has 0 radical (unpaired) electrons. The third kappa shape index (κ3) is 5.39. The fraction of sp³-hybridized carbons (Fsp3) is 0. The van der Waals surface area contributed by atoms with E-state index < -0.39 is 31.2 Å². The first-order valence-corrected chi connectivity index (χ1v) is 10.1. The minimum atomic E-state index is -3.79. The van der Waals surface area contributed by atoms with Crippen molar-refractivity contribution in [2.45, 2.75) is 4.90 Å². The summed E-state index contributed by atoms with van der Waals surface area (Å²) in [6, 6.07) is 16.9. The molecule has 0 fully saturated rings. The van der Waals surface area contributed by atoms with E-state index in [1.54, 1.807) is 30.3 Å². The van der Waals surface area contributed by atoms with Gasteiger partial charge in [-0.3, -0.25) is 20.2 Å². The Labute approximate surface area is 176 Å². The molecule has 0 aliphatic rings. The van der Waals surface area contributed by atoms with E-state index in [0.29, 0.717) is 5.56 Å². The number of nitro benzene ring substituents is 2. The molecule has 0 aliphatic carbocycles. The second kappa shape index (κ2) is 9.00. The van der Waals surface area contributed by atoms with Gasteiger partial charge in [-0.15, -0.1) is 0 Å². The van der Waals surface area contributed by atoms with Gasteiger partial charge < -0.3 is 4.74 Å². The molecule has 0 unspecified atom stereocenters. The van der Waals surface area contributed by atoms with Gasteiger partial charge in [0.05, 0.1) is 27.0 Å². The molecule has 3 rings (SSSR count). The summed E-state index contributed by atoms with van der Waals surface area (Å²) in [5.74, 6) is 0.0756. The highest BCUT2D eigenvalue weighted by Crippen LogP contribution is 2.34. The van der Waals surface area contributed by atoms with Crippen LogP contribution in [0.1, 0.15) is 5.56 Å². The van der Waals surface area contributed by atoms with Crippen LogP contribution in [0, 0.1) is 20.2 Å². The van der Waals surface area contributed by atoms with E-state index in [4.69, 9.17) is 4.74 Å². The Kier molecular flexibility index (Phi) is 6.21. The Morgan fingerprint density at radius 2 is 1.58 bits per heavy atom. The van der Waals surface area contributed by atoms with E-state index >= 15 is 0 Å². The number of ether oxygens (including phenoxy) is 1.